The van der Waals surface area contributed by atoms with E-state index in [1.807, 2.05) is 12.1 Å². The Kier molecular flexibility index (Phi) is 5.75. The van der Waals surface area contributed by atoms with Crippen LogP contribution in [0.15, 0.2) is 42.5 Å². The molecule has 3 rings (SSSR count). The lowest BCUT2D eigenvalue weighted by atomic mass is 9.91. The molecule has 1 aliphatic carbocycles. The van der Waals surface area contributed by atoms with E-state index in [1.54, 1.807) is 24.3 Å². The van der Waals surface area contributed by atoms with E-state index in [0.29, 0.717) is 10.7 Å². The minimum atomic E-state index is -0.500. The molecule has 1 unspecified atom stereocenters. The quantitative estimate of drug-likeness (QED) is 0.545. The molecule has 26 heavy (non-hydrogen) atoms. The van der Waals surface area contributed by atoms with Gasteiger partial charge in [0.2, 0.25) is 0 Å². The van der Waals surface area contributed by atoms with E-state index in [-0.39, 0.29) is 16.7 Å². The van der Waals surface area contributed by atoms with Crippen molar-refractivity contribution in [3.05, 3.63) is 68.7 Å². The van der Waals surface area contributed by atoms with E-state index in [9.17, 15) is 15.4 Å². The number of anilines is 1. The van der Waals surface area contributed by atoms with Crippen LogP contribution >= 0.6 is 11.6 Å². The van der Waals surface area contributed by atoms with Gasteiger partial charge in [0.15, 0.2) is 0 Å². The fraction of sp³-hybridized carbons (Fsp3) is 0.350. The summed E-state index contributed by atoms with van der Waals surface area (Å²) in [6.07, 6.45) is 5.52. The van der Waals surface area contributed by atoms with Crippen molar-refractivity contribution in [1.29, 1.82) is 5.26 Å². The molecule has 2 aromatic rings. The number of nitrogens with zero attached hydrogens (tertiary/aromatic N) is 2. The number of nitrogens with one attached hydrogen (secondary N) is 1. The predicted molar refractivity (Wildman–Crippen MR) is 103 cm³/mol. The van der Waals surface area contributed by atoms with Crippen LogP contribution in [0.25, 0.3) is 0 Å². The Bertz CT molecular complexity index is 824. The van der Waals surface area contributed by atoms with Gasteiger partial charge in [-0.1, -0.05) is 49.1 Å². The lowest BCUT2D eigenvalue weighted by Gasteiger charge is -2.24. The van der Waals surface area contributed by atoms with Crippen molar-refractivity contribution < 1.29 is 4.92 Å². The van der Waals surface area contributed by atoms with Gasteiger partial charge in [0.1, 0.15) is 5.69 Å². The third kappa shape index (κ3) is 4.14. The fourth-order valence-electron chi connectivity index (χ4n) is 3.47. The number of nitriles is 1. The summed E-state index contributed by atoms with van der Waals surface area (Å²) in [5.41, 5.74) is 2.09. The van der Waals surface area contributed by atoms with Gasteiger partial charge in [-0.3, -0.25) is 10.1 Å². The van der Waals surface area contributed by atoms with Crippen molar-refractivity contribution in [3.63, 3.8) is 0 Å². The lowest BCUT2D eigenvalue weighted by Crippen LogP contribution is -2.22. The summed E-state index contributed by atoms with van der Waals surface area (Å²) in [7, 11) is 0. The topological polar surface area (TPSA) is 79.0 Å². The van der Waals surface area contributed by atoms with Crippen LogP contribution in [0.3, 0.4) is 0 Å². The molecular weight excluding hydrogens is 350 g/mol. The fourth-order valence-corrected chi connectivity index (χ4v) is 3.60. The highest BCUT2D eigenvalue weighted by atomic mass is 35.5. The highest BCUT2D eigenvalue weighted by Crippen LogP contribution is 2.33. The first-order chi connectivity index (χ1) is 12.6. The Balaban J connectivity index is 1.94. The first kappa shape index (κ1) is 18.2. The van der Waals surface area contributed by atoms with Crippen molar-refractivity contribution in [2.75, 3.05) is 5.32 Å². The standard InChI is InChI=1S/C20H20ClN3O2/c21-16-9-6-14(7-10-16)18(13-22)15-8-11-20(24(25)26)19(12-15)23-17-4-2-1-3-5-17/h6-12,17-18,23H,1-5H2. The van der Waals surface area contributed by atoms with Gasteiger partial charge >= 0.3 is 0 Å². The van der Waals surface area contributed by atoms with Crippen LogP contribution in [-0.4, -0.2) is 11.0 Å². The lowest BCUT2D eigenvalue weighted by molar-refractivity contribution is -0.384. The van der Waals surface area contributed by atoms with Gasteiger partial charge in [0, 0.05) is 17.1 Å². The van der Waals surface area contributed by atoms with E-state index in [1.165, 1.54) is 12.5 Å². The SMILES string of the molecule is N#CC(c1ccc(Cl)cc1)c1ccc([N+](=O)[O-])c(NC2CCCCC2)c1. The molecule has 1 fully saturated rings. The van der Waals surface area contributed by atoms with E-state index >= 15 is 0 Å². The number of hydrogen-bond donors (Lipinski definition) is 1. The highest BCUT2D eigenvalue weighted by molar-refractivity contribution is 6.30. The minimum absolute atomic E-state index is 0.0483. The van der Waals surface area contributed by atoms with E-state index in [0.717, 1.165) is 36.8 Å². The first-order valence-electron chi connectivity index (χ1n) is 8.78. The molecule has 0 radical (unpaired) electrons. The molecule has 0 amide bonds. The zero-order valence-corrected chi connectivity index (χ0v) is 15.1. The second kappa shape index (κ2) is 8.20. The number of rotatable bonds is 5. The molecule has 0 heterocycles. The second-order valence-electron chi connectivity index (χ2n) is 6.63. The molecule has 134 valence electrons. The number of hydrogen-bond acceptors (Lipinski definition) is 4. The Hall–Kier alpha value is -2.58. The first-order valence-corrected chi connectivity index (χ1v) is 9.16. The number of nitro benzene ring substituents is 1. The number of halogens is 1. The van der Waals surface area contributed by atoms with Crippen molar-refractivity contribution in [1.82, 2.24) is 0 Å². The molecule has 0 bridgehead atoms. The summed E-state index contributed by atoms with van der Waals surface area (Å²) in [6.45, 7) is 0. The van der Waals surface area contributed by atoms with Crippen molar-refractivity contribution in [3.8, 4) is 6.07 Å². The maximum absolute atomic E-state index is 11.4. The van der Waals surface area contributed by atoms with Crippen LogP contribution in [-0.2, 0) is 0 Å². The van der Waals surface area contributed by atoms with Gasteiger partial charge < -0.3 is 5.32 Å². The van der Waals surface area contributed by atoms with Gasteiger partial charge in [0.25, 0.3) is 5.69 Å². The summed E-state index contributed by atoms with van der Waals surface area (Å²) < 4.78 is 0. The molecule has 0 aromatic heterocycles. The third-order valence-electron chi connectivity index (χ3n) is 4.85. The Morgan fingerprint density at radius 2 is 1.77 bits per heavy atom. The van der Waals surface area contributed by atoms with Crippen LogP contribution in [0, 0.1) is 21.4 Å². The van der Waals surface area contributed by atoms with Crippen molar-refractivity contribution >= 4 is 23.0 Å². The Labute approximate surface area is 157 Å². The second-order valence-corrected chi connectivity index (χ2v) is 7.06. The molecule has 0 spiro atoms. The molecule has 1 saturated carbocycles. The molecule has 1 atom stereocenters. The molecule has 1 aliphatic rings. The average molecular weight is 370 g/mol. The minimum Gasteiger partial charge on any atom is -0.377 e. The molecule has 0 aliphatic heterocycles. The zero-order chi connectivity index (χ0) is 18.5. The summed E-state index contributed by atoms with van der Waals surface area (Å²) in [5, 5.41) is 25.0. The summed E-state index contributed by atoms with van der Waals surface area (Å²) in [5.74, 6) is -0.500. The van der Waals surface area contributed by atoms with E-state index < -0.39 is 5.92 Å². The summed E-state index contributed by atoms with van der Waals surface area (Å²) >= 11 is 5.93. The van der Waals surface area contributed by atoms with E-state index in [4.69, 9.17) is 11.6 Å². The van der Waals surface area contributed by atoms with Crippen LogP contribution in [0.1, 0.15) is 49.1 Å². The molecule has 5 nitrogen and oxygen atoms in total. The molecule has 1 N–H and O–H groups in total. The normalized spacial score (nSPS) is 15.8. The molecular formula is C20H20ClN3O2. The van der Waals surface area contributed by atoms with Crippen LogP contribution in [0.5, 0.6) is 0 Å². The average Bonchev–Trinajstić information content (AvgIpc) is 2.65. The van der Waals surface area contributed by atoms with Gasteiger partial charge in [-0.05, 0) is 42.2 Å². The van der Waals surface area contributed by atoms with Crippen LogP contribution in [0.2, 0.25) is 5.02 Å². The maximum Gasteiger partial charge on any atom is 0.292 e. The largest absolute Gasteiger partial charge is 0.377 e. The van der Waals surface area contributed by atoms with Crippen molar-refractivity contribution in [2.45, 2.75) is 44.1 Å². The Morgan fingerprint density at radius 3 is 2.38 bits per heavy atom. The zero-order valence-electron chi connectivity index (χ0n) is 14.3. The highest BCUT2D eigenvalue weighted by Gasteiger charge is 2.22. The summed E-state index contributed by atoms with van der Waals surface area (Å²) in [6, 6.07) is 14.5. The molecule has 0 saturated heterocycles. The van der Waals surface area contributed by atoms with Gasteiger partial charge in [-0.15, -0.1) is 0 Å². The van der Waals surface area contributed by atoms with E-state index in [2.05, 4.69) is 11.4 Å². The number of benzene rings is 2. The smallest absolute Gasteiger partial charge is 0.292 e. The van der Waals surface area contributed by atoms with Gasteiger partial charge in [-0.25, -0.2) is 0 Å². The van der Waals surface area contributed by atoms with Crippen LogP contribution < -0.4 is 5.32 Å². The predicted octanol–water partition coefficient (Wildman–Crippen LogP) is 5.65. The monoisotopic (exact) mass is 369 g/mol. The van der Waals surface area contributed by atoms with Gasteiger partial charge in [-0.2, -0.15) is 5.26 Å². The van der Waals surface area contributed by atoms with Gasteiger partial charge in [0.05, 0.1) is 16.9 Å². The van der Waals surface area contributed by atoms with Crippen LogP contribution in [0.4, 0.5) is 11.4 Å². The van der Waals surface area contributed by atoms with Crippen molar-refractivity contribution in [2.24, 2.45) is 0 Å². The molecule has 2 aromatic carbocycles. The molecule has 6 heteroatoms. The maximum atomic E-state index is 11.4. The Morgan fingerprint density at radius 1 is 1.12 bits per heavy atom. The third-order valence-corrected chi connectivity index (χ3v) is 5.10. The number of nitro groups is 1. The summed E-state index contributed by atoms with van der Waals surface area (Å²) in [4.78, 5) is 11.0.